The van der Waals surface area contributed by atoms with Gasteiger partial charge in [-0.15, -0.1) is 0 Å². The molecule has 3 nitrogen and oxygen atoms in total. The third kappa shape index (κ3) is 2.42. The van der Waals surface area contributed by atoms with Crippen LogP contribution in [0.25, 0.3) is 0 Å². The van der Waals surface area contributed by atoms with Gasteiger partial charge in [-0.2, -0.15) is 0 Å². The average Bonchev–Trinajstić information content (AvgIpc) is 2.15. The normalized spacial score (nSPS) is 9.79. The molecule has 0 aromatic heterocycles. The number of aromatic carboxylic acids is 1. The molecule has 0 saturated carbocycles. The van der Waals surface area contributed by atoms with Crippen molar-refractivity contribution in [3.63, 3.8) is 0 Å². The Balaban J connectivity index is 2.89. The van der Waals surface area contributed by atoms with Crippen molar-refractivity contribution in [2.75, 3.05) is 0 Å². The van der Waals surface area contributed by atoms with E-state index < -0.39 is 5.97 Å². The molecule has 0 atom stereocenters. The smallest absolute Gasteiger partial charge is 0.335 e. The van der Waals surface area contributed by atoms with Crippen molar-refractivity contribution in [1.29, 1.82) is 0 Å². The van der Waals surface area contributed by atoms with E-state index in [0.29, 0.717) is 12.8 Å². The summed E-state index contributed by atoms with van der Waals surface area (Å²) in [5.74, 6) is -0.921. The lowest BCUT2D eigenvalue weighted by molar-refractivity contribution is -0.107. The van der Waals surface area contributed by atoms with Crippen LogP contribution in [0.2, 0.25) is 0 Å². The topological polar surface area (TPSA) is 54.4 Å². The lowest BCUT2D eigenvalue weighted by Gasteiger charge is -2.04. The van der Waals surface area contributed by atoms with E-state index in [1.807, 2.05) is 6.92 Å². The Labute approximate surface area is 82.4 Å². The van der Waals surface area contributed by atoms with Crippen LogP contribution in [0.5, 0.6) is 0 Å². The minimum Gasteiger partial charge on any atom is -0.478 e. The predicted octanol–water partition coefficient (Wildman–Crippen LogP) is 1.82. The van der Waals surface area contributed by atoms with Crippen LogP contribution in [-0.2, 0) is 11.2 Å². The van der Waals surface area contributed by atoms with E-state index in [1.165, 1.54) is 0 Å². The molecule has 0 unspecified atom stereocenters. The van der Waals surface area contributed by atoms with Crippen molar-refractivity contribution in [3.8, 4) is 0 Å². The molecule has 0 amide bonds. The van der Waals surface area contributed by atoms with Crippen molar-refractivity contribution in [2.45, 2.75) is 19.8 Å². The first kappa shape index (κ1) is 10.4. The Kier molecular flexibility index (Phi) is 3.40. The van der Waals surface area contributed by atoms with Crippen LogP contribution < -0.4 is 0 Å². The van der Waals surface area contributed by atoms with Gasteiger partial charge in [-0.25, -0.2) is 4.79 Å². The van der Waals surface area contributed by atoms with Gasteiger partial charge in [0.25, 0.3) is 0 Å². The Hall–Kier alpha value is -1.64. The highest BCUT2D eigenvalue weighted by atomic mass is 16.4. The van der Waals surface area contributed by atoms with E-state index in [9.17, 15) is 9.59 Å². The first-order chi connectivity index (χ1) is 6.65. The number of carbonyl (C=O) groups is 2. The second-order valence-electron chi connectivity index (χ2n) is 3.15. The molecule has 1 N–H and O–H groups in total. The molecule has 1 aromatic carbocycles. The summed E-state index contributed by atoms with van der Waals surface area (Å²) >= 11 is 0. The minimum absolute atomic E-state index is 0.289. The van der Waals surface area contributed by atoms with E-state index in [4.69, 9.17) is 5.11 Å². The Morgan fingerprint density at radius 3 is 2.71 bits per heavy atom. The highest BCUT2D eigenvalue weighted by Gasteiger charge is 2.04. The zero-order valence-corrected chi connectivity index (χ0v) is 7.99. The van der Waals surface area contributed by atoms with E-state index >= 15 is 0 Å². The number of aryl methyl sites for hydroxylation is 2. The van der Waals surface area contributed by atoms with Gasteiger partial charge >= 0.3 is 5.97 Å². The van der Waals surface area contributed by atoms with Gasteiger partial charge in [-0.3, -0.25) is 0 Å². The van der Waals surface area contributed by atoms with Crippen LogP contribution >= 0.6 is 0 Å². The first-order valence-corrected chi connectivity index (χ1v) is 4.41. The van der Waals surface area contributed by atoms with Gasteiger partial charge in [0.05, 0.1) is 5.56 Å². The van der Waals surface area contributed by atoms with Crippen molar-refractivity contribution >= 4 is 12.3 Å². The number of rotatable bonds is 4. The van der Waals surface area contributed by atoms with Crippen LogP contribution in [0.1, 0.15) is 27.9 Å². The average molecular weight is 192 g/mol. The van der Waals surface area contributed by atoms with E-state index in [2.05, 4.69) is 0 Å². The maximum atomic E-state index is 10.6. The Bertz CT molecular complexity index is 356. The van der Waals surface area contributed by atoms with Gasteiger partial charge in [0.2, 0.25) is 0 Å². The van der Waals surface area contributed by atoms with Crippen molar-refractivity contribution in [1.82, 2.24) is 0 Å². The molecule has 14 heavy (non-hydrogen) atoms. The van der Waals surface area contributed by atoms with E-state index in [-0.39, 0.29) is 5.56 Å². The van der Waals surface area contributed by atoms with Crippen LogP contribution in [0.4, 0.5) is 0 Å². The summed E-state index contributed by atoms with van der Waals surface area (Å²) in [6, 6.07) is 4.96. The van der Waals surface area contributed by atoms with Gasteiger partial charge in [0.15, 0.2) is 0 Å². The largest absolute Gasteiger partial charge is 0.478 e. The van der Waals surface area contributed by atoms with Crippen LogP contribution in [-0.4, -0.2) is 17.4 Å². The summed E-state index contributed by atoms with van der Waals surface area (Å²) in [5.41, 5.74) is 2.24. The molecule has 0 radical (unpaired) electrons. The lowest BCUT2D eigenvalue weighted by atomic mass is 10.0. The Morgan fingerprint density at radius 1 is 1.50 bits per heavy atom. The van der Waals surface area contributed by atoms with Crippen LogP contribution in [0, 0.1) is 6.92 Å². The van der Waals surface area contributed by atoms with Gasteiger partial charge in [0, 0.05) is 6.42 Å². The lowest BCUT2D eigenvalue weighted by Crippen LogP contribution is -1.99. The summed E-state index contributed by atoms with van der Waals surface area (Å²) < 4.78 is 0. The number of benzene rings is 1. The molecule has 0 fully saturated rings. The highest BCUT2D eigenvalue weighted by molar-refractivity contribution is 5.87. The second-order valence-corrected chi connectivity index (χ2v) is 3.15. The summed E-state index contributed by atoms with van der Waals surface area (Å²) in [4.78, 5) is 20.8. The number of aldehydes is 1. The number of carboxylic acids is 1. The zero-order valence-electron chi connectivity index (χ0n) is 7.99. The highest BCUT2D eigenvalue weighted by Crippen LogP contribution is 2.12. The molecule has 1 rings (SSSR count). The molecular formula is C11H12O3. The molecule has 0 bridgehead atoms. The summed E-state index contributed by atoms with van der Waals surface area (Å²) in [6.45, 7) is 1.85. The SMILES string of the molecule is Cc1cc(C(=O)O)ccc1CCC=O. The number of carbonyl (C=O) groups excluding carboxylic acids is 1. The fourth-order valence-electron chi connectivity index (χ4n) is 1.32. The van der Waals surface area contributed by atoms with Gasteiger partial charge < -0.3 is 9.90 Å². The molecular weight excluding hydrogens is 180 g/mol. The molecule has 0 aliphatic carbocycles. The predicted molar refractivity (Wildman–Crippen MR) is 52.5 cm³/mol. The minimum atomic E-state index is -0.921. The molecule has 0 aliphatic heterocycles. The van der Waals surface area contributed by atoms with Gasteiger partial charge in [-0.05, 0) is 36.6 Å². The number of hydrogen-bond donors (Lipinski definition) is 1. The summed E-state index contributed by atoms with van der Waals surface area (Å²) in [6.07, 6.45) is 2.02. The monoisotopic (exact) mass is 192 g/mol. The zero-order chi connectivity index (χ0) is 10.6. The molecule has 3 heteroatoms. The molecule has 0 aliphatic rings. The maximum Gasteiger partial charge on any atom is 0.335 e. The van der Waals surface area contributed by atoms with Crippen LogP contribution in [0.3, 0.4) is 0 Å². The first-order valence-electron chi connectivity index (χ1n) is 4.41. The second kappa shape index (κ2) is 4.56. The van der Waals surface area contributed by atoms with Crippen molar-refractivity contribution < 1.29 is 14.7 Å². The molecule has 0 heterocycles. The fraction of sp³-hybridized carbons (Fsp3) is 0.273. The van der Waals surface area contributed by atoms with E-state index in [1.54, 1.807) is 18.2 Å². The molecule has 0 saturated heterocycles. The Morgan fingerprint density at radius 2 is 2.21 bits per heavy atom. The van der Waals surface area contributed by atoms with Crippen LogP contribution in [0.15, 0.2) is 18.2 Å². The summed E-state index contributed by atoms with van der Waals surface area (Å²) in [5, 5.41) is 8.72. The molecule has 1 aromatic rings. The van der Waals surface area contributed by atoms with Crippen molar-refractivity contribution in [2.24, 2.45) is 0 Å². The summed E-state index contributed by atoms with van der Waals surface area (Å²) in [7, 11) is 0. The fourth-order valence-corrected chi connectivity index (χ4v) is 1.32. The molecule has 74 valence electrons. The standard InChI is InChI=1S/C11H12O3/c1-8-7-10(11(13)14)5-4-9(8)3-2-6-12/h4-7H,2-3H2,1H3,(H,13,14). The number of hydrogen-bond acceptors (Lipinski definition) is 2. The number of carboxylic acid groups (broad SMARTS) is 1. The quantitative estimate of drug-likeness (QED) is 0.740. The molecule has 0 spiro atoms. The van der Waals surface area contributed by atoms with Crippen molar-refractivity contribution in [3.05, 3.63) is 34.9 Å². The van der Waals surface area contributed by atoms with Gasteiger partial charge in [-0.1, -0.05) is 6.07 Å². The third-order valence-corrected chi connectivity index (χ3v) is 2.12. The third-order valence-electron chi connectivity index (χ3n) is 2.12. The van der Waals surface area contributed by atoms with Gasteiger partial charge in [0.1, 0.15) is 6.29 Å². The van der Waals surface area contributed by atoms with E-state index in [0.717, 1.165) is 17.4 Å². The maximum absolute atomic E-state index is 10.6.